The Morgan fingerprint density at radius 1 is 1.11 bits per heavy atom. The van der Waals surface area contributed by atoms with Gasteiger partial charge in [-0.2, -0.15) is 0 Å². The van der Waals surface area contributed by atoms with Crippen LogP contribution < -0.4 is 9.62 Å². The maximum Gasteiger partial charge on any atom is 0.235 e. The average Bonchev–Trinajstić information content (AvgIpc) is 3.01. The van der Waals surface area contributed by atoms with Crippen molar-refractivity contribution >= 4 is 32.4 Å². The van der Waals surface area contributed by atoms with E-state index in [1.807, 2.05) is 43.3 Å². The summed E-state index contributed by atoms with van der Waals surface area (Å²) < 4.78 is 25.6. The third-order valence-corrected chi connectivity index (χ3v) is 6.79. The first-order valence-electron chi connectivity index (χ1n) is 9.02. The molecular weight excluding hydrogens is 360 g/mol. The van der Waals surface area contributed by atoms with Crippen LogP contribution in [0.1, 0.15) is 30.5 Å². The van der Waals surface area contributed by atoms with Crippen LogP contribution in [0.15, 0.2) is 48.8 Å². The van der Waals surface area contributed by atoms with Crippen LogP contribution in [0, 0.1) is 6.92 Å². The highest BCUT2D eigenvalue weighted by Gasteiger charge is 2.28. The second-order valence-corrected chi connectivity index (χ2v) is 8.95. The highest BCUT2D eigenvalue weighted by molar-refractivity contribution is 7.93. The molecule has 140 valence electrons. The molecule has 6 nitrogen and oxygen atoms in total. The van der Waals surface area contributed by atoms with Gasteiger partial charge in [0.1, 0.15) is 12.1 Å². The first-order valence-corrected chi connectivity index (χ1v) is 10.6. The highest BCUT2D eigenvalue weighted by atomic mass is 32.2. The van der Waals surface area contributed by atoms with E-state index in [9.17, 15) is 8.42 Å². The lowest BCUT2D eigenvalue weighted by Crippen LogP contribution is -2.25. The number of aryl methyl sites for hydroxylation is 1. The number of aromatic nitrogens is 2. The molecule has 7 heteroatoms. The number of fused-ring (bicyclic) bond motifs is 1. The summed E-state index contributed by atoms with van der Waals surface area (Å²) in [6.07, 6.45) is 2.25. The van der Waals surface area contributed by atoms with Crippen LogP contribution >= 0.6 is 0 Å². The first kappa shape index (κ1) is 17.7. The maximum atomic E-state index is 12.1. The Labute approximate surface area is 159 Å². The van der Waals surface area contributed by atoms with Gasteiger partial charge in [-0.3, -0.25) is 4.31 Å². The van der Waals surface area contributed by atoms with Crippen molar-refractivity contribution in [3.8, 4) is 0 Å². The summed E-state index contributed by atoms with van der Waals surface area (Å²) in [7, 11) is -3.15. The Kier molecular flexibility index (Phi) is 4.47. The number of hydrogen-bond acceptors (Lipinski definition) is 5. The summed E-state index contributed by atoms with van der Waals surface area (Å²) in [6, 6.07) is 13.8. The molecule has 1 aliphatic heterocycles. The third-order valence-electron chi connectivity index (χ3n) is 4.92. The molecule has 0 spiro atoms. The van der Waals surface area contributed by atoms with E-state index in [1.54, 1.807) is 6.33 Å². The number of benzene rings is 2. The fourth-order valence-corrected chi connectivity index (χ4v) is 5.00. The zero-order valence-electron chi connectivity index (χ0n) is 15.4. The lowest BCUT2D eigenvalue weighted by atomic mass is 10.1. The molecule has 1 unspecified atom stereocenters. The smallest absolute Gasteiger partial charge is 0.235 e. The lowest BCUT2D eigenvalue weighted by Gasteiger charge is -2.19. The largest absolute Gasteiger partial charge is 0.363 e. The van der Waals surface area contributed by atoms with Gasteiger partial charge in [-0.05, 0) is 50.1 Å². The second-order valence-electron chi connectivity index (χ2n) is 6.94. The molecule has 3 aromatic rings. The molecule has 1 atom stereocenters. The van der Waals surface area contributed by atoms with E-state index in [0.717, 1.165) is 33.5 Å². The summed E-state index contributed by atoms with van der Waals surface area (Å²) in [5.74, 6) is 1.02. The Morgan fingerprint density at radius 2 is 1.89 bits per heavy atom. The van der Waals surface area contributed by atoms with Gasteiger partial charge in [0, 0.05) is 18.0 Å². The van der Waals surface area contributed by atoms with Crippen molar-refractivity contribution in [1.82, 2.24) is 9.97 Å². The summed E-state index contributed by atoms with van der Waals surface area (Å²) in [6.45, 7) is 4.66. The van der Waals surface area contributed by atoms with Crippen LogP contribution in [-0.2, 0) is 10.0 Å². The van der Waals surface area contributed by atoms with Crippen molar-refractivity contribution in [2.45, 2.75) is 26.3 Å². The molecule has 1 N–H and O–H groups in total. The van der Waals surface area contributed by atoms with Crippen molar-refractivity contribution in [2.24, 2.45) is 0 Å². The van der Waals surface area contributed by atoms with Gasteiger partial charge in [0.15, 0.2) is 0 Å². The van der Waals surface area contributed by atoms with E-state index in [4.69, 9.17) is 0 Å². The van der Waals surface area contributed by atoms with Crippen LogP contribution in [0.2, 0.25) is 0 Å². The Hall–Kier alpha value is -2.67. The number of sulfonamides is 1. The van der Waals surface area contributed by atoms with E-state index < -0.39 is 10.0 Å². The lowest BCUT2D eigenvalue weighted by molar-refractivity contribution is 0.599. The molecule has 0 saturated carbocycles. The van der Waals surface area contributed by atoms with Gasteiger partial charge in [0.25, 0.3) is 0 Å². The van der Waals surface area contributed by atoms with Gasteiger partial charge in [-0.1, -0.05) is 23.8 Å². The van der Waals surface area contributed by atoms with E-state index >= 15 is 0 Å². The first-order chi connectivity index (χ1) is 12.9. The van der Waals surface area contributed by atoms with Gasteiger partial charge in [0.05, 0.1) is 17.0 Å². The second kappa shape index (κ2) is 6.81. The predicted molar refractivity (Wildman–Crippen MR) is 109 cm³/mol. The number of nitrogens with zero attached hydrogens (tertiary/aromatic N) is 3. The number of anilines is 2. The monoisotopic (exact) mass is 382 g/mol. The SMILES string of the molecule is Cc1ccc2ncnc(NC(C)c3ccc(N4CCCS4(=O)=O)cc3)c2c1. The summed E-state index contributed by atoms with van der Waals surface area (Å²) in [5, 5.41) is 4.44. The fraction of sp³-hybridized carbons (Fsp3) is 0.300. The average molecular weight is 382 g/mol. The molecule has 0 aliphatic carbocycles. The van der Waals surface area contributed by atoms with Crippen LogP contribution in [0.3, 0.4) is 0 Å². The number of hydrogen-bond donors (Lipinski definition) is 1. The summed E-state index contributed by atoms with van der Waals surface area (Å²) in [4.78, 5) is 8.72. The van der Waals surface area contributed by atoms with E-state index in [-0.39, 0.29) is 11.8 Å². The van der Waals surface area contributed by atoms with Crippen LogP contribution in [0.5, 0.6) is 0 Å². The van der Waals surface area contributed by atoms with Gasteiger partial charge in [-0.25, -0.2) is 18.4 Å². The number of nitrogens with one attached hydrogen (secondary N) is 1. The molecule has 1 aliphatic rings. The van der Waals surface area contributed by atoms with Crippen molar-refractivity contribution in [2.75, 3.05) is 21.9 Å². The topological polar surface area (TPSA) is 75.2 Å². The number of rotatable bonds is 4. The predicted octanol–water partition coefficient (Wildman–Crippen LogP) is 3.65. The molecule has 27 heavy (non-hydrogen) atoms. The molecule has 2 heterocycles. The van der Waals surface area contributed by atoms with Gasteiger partial charge < -0.3 is 5.32 Å². The van der Waals surface area contributed by atoms with Crippen molar-refractivity contribution in [3.63, 3.8) is 0 Å². The van der Waals surface area contributed by atoms with E-state index in [1.165, 1.54) is 4.31 Å². The maximum absolute atomic E-state index is 12.1. The molecular formula is C20H22N4O2S. The molecule has 2 aromatic carbocycles. The molecule has 4 rings (SSSR count). The van der Waals surface area contributed by atoms with Crippen LogP contribution in [-0.4, -0.2) is 30.7 Å². The molecule has 1 aromatic heterocycles. The molecule has 0 amide bonds. The normalized spacial score (nSPS) is 17.2. The molecule has 0 radical (unpaired) electrons. The van der Waals surface area contributed by atoms with E-state index in [2.05, 4.69) is 28.3 Å². The van der Waals surface area contributed by atoms with Crippen molar-refractivity contribution in [3.05, 3.63) is 59.9 Å². The summed E-state index contributed by atoms with van der Waals surface area (Å²) in [5.41, 5.74) is 3.85. The highest BCUT2D eigenvalue weighted by Crippen LogP contribution is 2.28. The fourth-order valence-electron chi connectivity index (χ4n) is 3.43. The van der Waals surface area contributed by atoms with Crippen molar-refractivity contribution < 1.29 is 8.42 Å². The zero-order chi connectivity index (χ0) is 19.0. The zero-order valence-corrected chi connectivity index (χ0v) is 16.2. The van der Waals surface area contributed by atoms with Crippen LogP contribution in [0.4, 0.5) is 11.5 Å². The van der Waals surface area contributed by atoms with Crippen molar-refractivity contribution in [1.29, 1.82) is 0 Å². The van der Waals surface area contributed by atoms with Gasteiger partial charge in [0.2, 0.25) is 10.0 Å². The molecule has 0 bridgehead atoms. The quantitative estimate of drug-likeness (QED) is 0.745. The Morgan fingerprint density at radius 3 is 2.59 bits per heavy atom. The summed E-state index contributed by atoms with van der Waals surface area (Å²) >= 11 is 0. The minimum absolute atomic E-state index is 0.0212. The van der Waals surface area contributed by atoms with E-state index in [0.29, 0.717) is 13.0 Å². The van der Waals surface area contributed by atoms with Gasteiger partial charge >= 0.3 is 0 Å². The minimum atomic E-state index is -3.15. The Balaban J connectivity index is 1.57. The van der Waals surface area contributed by atoms with Crippen LogP contribution in [0.25, 0.3) is 10.9 Å². The van der Waals surface area contributed by atoms with Gasteiger partial charge in [-0.15, -0.1) is 0 Å². The third kappa shape index (κ3) is 3.47. The minimum Gasteiger partial charge on any atom is -0.363 e. The molecule has 1 saturated heterocycles. The molecule has 1 fully saturated rings. The Bertz CT molecular complexity index is 1080. The standard InChI is InChI=1S/C20H22N4O2S/c1-14-4-9-19-18(12-14)20(22-13-21-19)23-15(2)16-5-7-17(8-6-16)24-10-3-11-27(24,25)26/h4-9,12-13,15H,3,10-11H2,1-2H3,(H,21,22,23).